The molecule has 1 saturated heterocycles. The Morgan fingerprint density at radius 1 is 1.00 bits per heavy atom. The molecule has 0 radical (unpaired) electrons. The van der Waals surface area contributed by atoms with Crippen LogP contribution in [0.5, 0.6) is 0 Å². The molecule has 3 unspecified atom stereocenters. The van der Waals surface area contributed by atoms with Gasteiger partial charge in [-0.2, -0.15) is 0 Å². The summed E-state index contributed by atoms with van der Waals surface area (Å²) in [5.74, 6) is 0.931. The van der Waals surface area contributed by atoms with Crippen molar-refractivity contribution in [1.29, 1.82) is 0 Å². The molecule has 0 aromatic heterocycles. The summed E-state index contributed by atoms with van der Waals surface area (Å²) in [6.07, 6.45) is 2.94. The highest BCUT2D eigenvalue weighted by Crippen LogP contribution is 2.50. The molecule has 32 heavy (non-hydrogen) atoms. The van der Waals surface area contributed by atoms with E-state index in [0.29, 0.717) is 11.8 Å². The van der Waals surface area contributed by atoms with Crippen LogP contribution in [0.1, 0.15) is 50.3 Å². The van der Waals surface area contributed by atoms with Crippen LogP contribution >= 0.6 is 0 Å². The molecule has 1 heterocycles. The second kappa shape index (κ2) is 9.06. The van der Waals surface area contributed by atoms with E-state index in [-0.39, 0.29) is 5.04 Å². The molecule has 2 aromatic rings. The van der Waals surface area contributed by atoms with E-state index in [1.54, 1.807) is 0 Å². The molecule has 1 aliphatic carbocycles. The summed E-state index contributed by atoms with van der Waals surface area (Å²) in [6, 6.07) is 19.4. The van der Waals surface area contributed by atoms with Crippen LogP contribution in [0, 0.1) is 11.8 Å². The van der Waals surface area contributed by atoms with Crippen LogP contribution in [0.25, 0.3) is 0 Å². The molecule has 1 saturated carbocycles. The molecule has 2 fully saturated rings. The van der Waals surface area contributed by atoms with E-state index in [9.17, 15) is 5.11 Å². The summed E-state index contributed by atoms with van der Waals surface area (Å²) in [5, 5.41) is 12.0. The molecule has 0 amide bonds. The van der Waals surface area contributed by atoms with Crippen molar-refractivity contribution < 1.29 is 9.53 Å². The lowest BCUT2D eigenvalue weighted by Gasteiger charge is -2.36. The Morgan fingerprint density at radius 2 is 1.69 bits per heavy atom. The van der Waals surface area contributed by atoms with Crippen LogP contribution in [-0.2, 0) is 23.0 Å². The van der Waals surface area contributed by atoms with E-state index < -0.39 is 13.9 Å². The molecule has 1 aliphatic heterocycles. The normalized spacial score (nSPS) is 26.4. The Bertz CT molecular complexity index is 890. The first-order chi connectivity index (χ1) is 15.1. The molecule has 3 atom stereocenters. The summed E-state index contributed by atoms with van der Waals surface area (Å²) in [7, 11) is -1.70. The predicted molar refractivity (Wildman–Crippen MR) is 135 cm³/mol. The molecule has 4 rings (SSSR count). The van der Waals surface area contributed by atoms with Gasteiger partial charge in [-0.3, -0.25) is 4.90 Å². The van der Waals surface area contributed by atoms with Crippen molar-refractivity contribution in [3.05, 3.63) is 71.3 Å². The lowest BCUT2D eigenvalue weighted by atomic mass is 9.82. The topological polar surface area (TPSA) is 32.7 Å². The van der Waals surface area contributed by atoms with E-state index in [4.69, 9.17) is 4.43 Å². The standard InChI is InChI=1S/C28H41NO2Si/c1-27(2,3)32(4,5)31-18-16-22-11-13-25(14-12-22)28(30)17-15-24-20-29(21-26(24)28)19-23-9-7-6-8-10-23/h6-14,24,26,30H,15-21H2,1-5H3. The Morgan fingerprint density at radius 3 is 2.34 bits per heavy atom. The highest BCUT2D eigenvalue weighted by Gasteiger charge is 2.52. The van der Waals surface area contributed by atoms with Gasteiger partial charge in [-0.25, -0.2) is 0 Å². The lowest BCUT2D eigenvalue weighted by Crippen LogP contribution is -2.41. The van der Waals surface area contributed by atoms with Gasteiger partial charge in [0.15, 0.2) is 8.32 Å². The van der Waals surface area contributed by atoms with Crippen molar-refractivity contribution in [3.8, 4) is 0 Å². The van der Waals surface area contributed by atoms with Crippen molar-refractivity contribution in [2.45, 2.75) is 70.3 Å². The zero-order chi connectivity index (χ0) is 23.0. The van der Waals surface area contributed by atoms with Crippen LogP contribution < -0.4 is 0 Å². The number of hydrogen-bond donors (Lipinski definition) is 1. The average molecular weight is 452 g/mol. The number of likely N-dealkylation sites (tertiary alicyclic amines) is 1. The largest absolute Gasteiger partial charge is 0.416 e. The monoisotopic (exact) mass is 451 g/mol. The van der Waals surface area contributed by atoms with Gasteiger partial charge in [-0.15, -0.1) is 0 Å². The van der Waals surface area contributed by atoms with E-state index in [2.05, 4.69) is 93.4 Å². The minimum atomic E-state index is -1.70. The van der Waals surface area contributed by atoms with Gasteiger partial charge in [0.2, 0.25) is 0 Å². The zero-order valence-corrected chi connectivity index (χ0v) is 21.6. The molecule has 1 N–H and O–H groups in total. The first-order valence-corrected chi connectivity index (χ1v) is 15.2. The third-order valence-corrected chi connectivity index (χ3v) is 12.9. The maximum atomic E-state index is 11.7. The van der Waals surface area contributed by atoms with Gasteiger partial charge in [-0.05, 0) is 60.0 Å². The predicted octanol–water partition coefficient (Wildman–Crippen LogP) is 5.98. The van der Waals surface area contributed by atoms with Crippen LogP contribution in [0.2, 0.25) is 18.1 Å². The highest BCUT2D eigenvalue weighted by atomic mass is 28.4. The van der Waals surface area contributed by atoms with Gasteiger partial charge >= 0.3 is 0 Å². The molecular formula is C28H41NO2Si. The van der Waals surface area contributed by atoms with Crippen LogP contribution in [0.4, 0.5) is 0 Å². The van der Waals surface area contributed by atoms with E-state index in [0.717, 1.165) is 51.1 Å². The van der Waals surface area contributed by atoms with Crippen molar-refractivity contribution in [1.82, 2.24) is 4.90 Å². The lowest BCUT2D eigenvalue weighted by molar-refractivity contribution is -0.00684. The molecular weight excluding hydrogens is 410 g/mol. The first-order valence-electron chi connectivity index (χ1n) is 12.3. The smallest absolute Gasteiger partial charge is 0.191 e. The van der Waals surface area contributed by atoms with Crippen molar-refractivity contribution >= 4 is 8.32 Å². The number of nitrogens with zero attached hydrogens (tertiary/aromatic N) is 1. The Kier molecular flexibility index (Phi) is 6.70. The molecule has 2 aromatic carbocycles. The SMILES string of the molecule is CC(C)(C)[Si](C)(C)OCCc1ccc(C2(O)CCC3CN(Cc4ccccc4)CC32)cc1. The molecule has 0 bridgehead atoms. The second-order valence-corrected chi connectivity index (χ2v) is 16.4. The van der Waals surface area contributed by atoms with Gasteiger partial charge in [0.1, 0.15) is 0 Å². The molecule has 2 aliphatic rings. The van der Waals surface area contributed by atoms with Crippen LogP contribution in [0.3, 0.4) is 0 Å². The van der Waals surface area contributed by atoms with Gasteiger partial charge in [0.25, 0.3) is 0 Å². The maximum absolute atomic E-state index is 11.7. The summed E-state index contributed by atoms with van der Waals surface area (Å²) in [4.78, 5) is 2.53. The summed E-state index contributed by atoms with van der Waals surface area (Å²) < 4.78 is 6.35. The summed E-state index contributed by atoms with van der Waals surface area (Å²) in [6.45, 7) is 15.3. The minimum Gasteiger partial charge on any atom is -0.416 e. The number of hydrogen-bond acceptors (Lipinski definition) is 3. The third kappa shape index (κ3) is 4.89. The average Bonchev–Trinajstić information content (AvgIpc) is 3.28. The molecule has 4 heteroatoms. The van der Waals surface area contributed by atoms with Gasteiger partial charge in [0, 0.05) is 32.2 Å². The molecule has 174 valence electrons. The van der Waals surface area contributed by atoms with Crippen LogP contribution in [-0.4, -0.2) is 38.0 Å². The number of benzene rings is 2. The van der Waals surface area contributed by atoms with Crippen molar-refractivity contribution in [3.63, 3.8) is 0 Å². The third-order valence-electron chi connectivity index (χ3n) is 8.39. The Hall–Kier alpha value is -1.46. The highest BCUT2D eigenvalue weighted by molar-refractivity contribution is 6.74. The summed E-state index contributed by atoms with van der Waals surface area (Å²) >= 11 is 0. The van der Waals surface area contributed by atoms with E-state index in [1.165, 1.54) is 11.1 Å². The summed E-state index contributed by atoms with van der Waals surface area (Å²) in [5.41, 5.74) is 3.07. The van der Waals surface area contributed by atoms with Crippen molar-refractivity contribution in [2.75, 3.05) is 19.7 Å². The Labute approximate surface area is 195 Å². The Balaban J connectivity index is 1.36. The van der Waals surface area contributed by atoms with E-state index >= 15 is 0 Å². The second-order valence-electron chi connectivity index (χ2n) is 11.6. The fraction of sp³-hybridized carbons (Fsp3) is 0.571. The van der Waals surface area contributed by atoms with Gasteiger partial charge < -0.3 is 9.53 Å². The quantitative estimate of drug-likeness (QED) is 0.526. The van der Waals surface area contributed by atoms with Crippen LogP contribution in [0.15, 0.2) is 54.6 Å². The van der Waals surface area contributed by atoms with Gasteiger partial charge in [0.05, 0.1) is 5.60 Å². The van der Waals surface area contributed by atoms with E-state index in [1.807, 2.05) is 0 Å². The number of rotatable bonds is 7. The first kappa shape index (κ1) is 23.7. The number of aliphatic hydroxyl groups is 1. The van der Waals surface area contributed by atoms with Crippen molar-refractivity contribution in [2.24, 2.45) is 11.8 Å². The maximum Gasteiger partial charge on any atom is 0.191 e. The molecule has 3 nitrogen and oxygen atoms in total. The minimum absolute atomic E-state index is 0.245. The number of fused-ring (bicyclic) bond motifs is 1. The zero-order valence-electron chi connectivity index (χ0n) is 20.6. The van der Waals surface area contributed by atoms with Gasteiger partial charge in [-0.1, -0.05) is 75.4 Å². The fourth-order valence-electron chi connectivity index (χ4n) is 5.31. The molecule has 0 spiro atoms. The fourth-order valence-corrected chi connectivity index (χ4v) is 6.36.